The Balaban J connectivity index is 1.48. The van der Waals surface area contributed by atoms with Crippen molar-refractivity contribution in [3.05, 3.63) is 94.7 Å². The van der Waals surface area contributed by atoms with Gasteiger partial charge in [-0.2, -0.15) is 0 Å². The highest BCUT2D eigenvalue weighted by molar-refractivity contribution is 6.53. The lowest BCUT2D eigenvalue weighted by Crippen LogP contribution is -2.32. The second kappa shape index (κ2) is 10.0. The number of anilines is 2. The van der Waals surface area contributed by atoms with Crippen molar-refractivity contribution < 1.29 is 23.9 Å². The van der Waals surface area contributed by atoms with Crippen molar-refractivity contribution in [1.29, 1.82) is 0 Å². The van der Waals surface area contributed by atoms with Gasteiger partial charge in [0, 0.05) is 5.69 Å². The number of hydrogen-bond donors (Lipinski definition) is 1. The van der Waals surface area contributed by atoms with Crippen molar-refractivity contribution in [3.63, 3.8) is 0 Å². The molecular formula is C27H23ClN2O5. The summed E-state index contributed by atoms with van der Waals surface area (Å²) in [5.41, 5.74) is 2.08. The van der Waals surface area contributed by atoms with Gasteiger partial charge < -0.3 is 14.8 Å². The first-order chi connectivity index (χ1) is 16.8. The SMILES string of the molecule is COc1ccc(N2C(=O)C(Cl)=C(Nc3ccc(C(=O)Oc4ccccc4C(C)C)cc3)C2=O)cc1. The maximum Gasteiger partial charge on any atom is 0.343 e. The molecular weight excluding hydrogens is 468 g/mol. The van der Waals surface area contributed by atoms with Gasteiger partial charge in [-0.1, -0.05) is 43.6 Å². The van der Waals surface area contributed by atoms with Gasteiger partial charge in [0.15, 0.2) is 0 Å². The van der Waals surface area contributed by atoms with Crippen LogP contribution in [0, 0.1) is 0 Å². The molecule has 35 heavy (non-hydrogen) atoms. The van der Waals surface area contributed by atoms with Crippen LogP contribution in [0.25, 0.3) is 0 Å². The molecule has 0 aromatic heterocycles. The van der Waals surface area contributed by atoms with Crippen molar-refractivity contribution in [2.75, 3.05) is 17.3 Å². The molecule has 1 heterocycles. The fourth-order valence-electron chi connectivity index (χ4n) is 3.62. The van der Waals surface area contributed by atoms with E-state index in [0.29, 0.717) is 28.4 Å². The molecule has 0 atom stereocenters. The van der Waals surface area contributed by atoms with E-state index in [1.165, 1.54) is 7.11 Å². The Morgan fingerprint density at radius 2 is 1.57 bits per heavy atom. The minimum absolute atomic E-state index is 0.0475. The van der Waals surface area contributed by atoms with E-state index in [4.69, 9.17) is 21.1 Å². The normalized spacial score (nSPS) is 13.5. The first kappa shape index (κ1) is 24.0. The van der Waals surface area contributed by atoms with Gasteiger partial charge in [0.25, 0.3) is 11.8 Å². The fraction of sp³-hybridized carbons (Fsp3) is 0.148. The number of carbonyl (C=O) groups excluding carboxylic acids is 3. The van der Waals surface area contributed by atoms with E-state index < -0.39 is 17.8 Å². The van der Waals surface area contributed by atoms with Crippen LogP contribution in [-0.2, 0) is 9.59 Å². The number of hydrogen-bond acceptors (Lipinski definition) is 6. The summed E-state index contributed by atoms with van der Waals surface area (Å²) in [5, 5.41) is 2.67. The van der Waals surface area contributed by atoms with Gasteiger partial charge in [-0.25, -0.2) is 9.69 Å². The molecule has 3 aromatic carbocycles. The predicted octanol–water partition coefficient (Wildman–Crippen LogP) is 5.47. The minimum atomic E-state index is -0.631. The molecule has 0 aliphatic carbocycles. The molecule has 4 rings (SSSR count). The van der Waals surface area contributed by atoms with Crippen molar-refractivity contribution in [2.45, 2.75) is 19.8 Å². The van der Waals surface area contributed by atoms with Crippen LogP contribution < -0.4 is 19.7 Å². The third-order valence-corrected chi connectivity index (χ3v) is 5.84. The number of esters is 1. The number of halogens is 1. The Morgan fingerprint density at radius 3 is 2.20 bits per heavy atom. The number of methoxy groups -OCH3 is 1. The van der Waals surface area contributed by atoms with E-state index in [1.54, 1.807) is 54.6 Å². The van der Waals surface area contributed by atoms with Crippen LogP contribution in [0.15, 0.2) is 83.5 Å². The number of ether oxygens (including phenoxy) is 2. The van der Waals surface area contributed by atoms with E-state index in [1.807, 2.05) is 32.0 Å². The number of rotatable bonds is 7. The smallest absolute Gasteiger partial charge is 0.343 e. The zero-order valence-electron chi connectivity index (χ0n) is 19.4. The Bertz CT molecular complexity index is 1310. The van der Waals surface area contributed by atoms with Crippen LogP contribution in [0.5, 0.6) is 11.5 Å². The van der Waals surface area contributed by atoms with E-state index in [0.717, 1.165) is 10.5 Å². The van der Waals surface area contributed by atoms with Gasteiger partial charge in [0.05, 0.1) is 18.4 Å². The number of imide groups is 1. The van der Waals surface area contributed by atoms with Crippen LogP contribution >= 0.6 is 11.6 Å². The molecule has 0 unspecified atom stereocenters. The number of carbonyl (C=O) groups is 3. The maximum absolute atomic E-state index is 12.9. The second-order valence-corrected chi connectivity index (χ2v) is 8.50. The van der Waals surface area contributed by atoms with E-state index in [9.17, 15) is 14.4 Å². The molecule has 1 N–H and O–H groups in total. The van der Waals surface area contributed by atoms with Gasteiger partial charge in [-0.05, 0) is 66.1 Å². The Labute approximate surface area is 207 Å². The summed E-state index contributed by atoms with van der Waals surface area (Å²) in [6.07, 6.45) is 0. The molecule has 0 spiro atoms. The molecule has 0 fully saturated rings. The van der Waals surface area contributed by atoms with Gasteiger partial charge in [0.2, 0.25) is 0 Å². The molecule has 3 aromatic rings. The Kier molecular flexibility index (Phi) is 6.89. The van der Waals surface area contributed by atoms with Crippen LogP contribution in [-0.4, -0.2) is 24.9 Å². The topological polar surface area (TPSA) is 84.9 Å². The highest BCUT2D eigenvalue weighted by atomic mass is 35.5. The zero-order valence-corrected chi connectivity index (χ0v) is 20.1. The monoisotopic (exact) mass is 490 g/mol. The van der Waals surface area contributed by atoms with Crippen molar-refractivity contribution in [2.24, 2.45) is 0 Å². The number of nitrogens with zero attached hydrogens (tertiary/aromatic N) is 1. The quantitative estimate of drug-likeness (QED) is 0.268. The zero-order chi connectivity index (χ0) is 25.1. The van der Waals surface area contributed by atoms with Gasteiger partial charge in [-0.15, -0.1) is 0 Å². The third kappa shape index (κ3) is 4.90. The molecule has 1 aliphatic heterocycles. The Morgan fingerprint density at radius 1 is 0.914 bits per heavy atom. The van der Waals surface area contributed by atoms with E-state index in [2.05, 4.69) is 5.32 Å². The van der Waals surface area contributed by atoms with Crippen LogP contribution in [0.2, 0.25) is 0 Å². The summed E-state index contributed by atoms with van der Waals surface area (Å²) >= 11 is 6.20. The molecule has 178 valence electrons. The third-order valence-electron chi connectivity index (χ3n) is 5.49. The highest BCUT2D eigenvalue weighted by Gasteiger charge is 2.39. The standard InChI is InChI=1S/C27H23ClN2O5/c1-16(2)21-6-4-5-7-22(21)35-27(33)17-8-10-18(11-9-17)29-24-23(28)25(31)30(26(24)32)19-12-14-20(34-3)15-13-19/h4-16,29H,1-3H3. The van der Waals surface area contributed by atoms with Gasteiger partial charge in [-0.3, -0.25) is 9.59 Å². The molecule has 1 aliphatic rings. The number of para-hydroxylation sites is 1. The minimum Gasteiger partial charge on any atom is -0.497 e. The fourth-order valence-corrected chi connectivity index (χ4v) is 3.83. The molecule has 2 amide bonds. The van der Waals surface area contributed by atoms with Gasteiger partial charge in [0.1, 0.15) is 22.2 Å². The van der Waals surface area contributed by atoms with Crippen LogP contribution in [0.3, 0.4) is 0 Å². The highest BCUT2D eigenvalue weighted by Crippen LogP contribution is 2.31. The number of nitrogens with one attached hydrogen (secondary N) is 1. The average molecular weight is 491 g/mol. The van der Waals surface area contributed by atoms with Crippen molar-refractivity contribution >= 4 is 40.8 Å². The molecule has 0 bridgehead atoms. The lowest BCUT2D eigenvalue weighted by molar-refractivity contribution is -0.120. The molecule has 7 nitrogen and oxygen atoms in total. The second-order valence-electron chi connectivity index (χ2n) is 8.12. The average Bonchev–Trinajstić information content (AvgIpc) is 3.07. The maximum atomic E-state index is 12.9. The number of benzene rings is 3. The summed E-state index contributed by atoms with van der Waals surface area (Å²) in [6.45, 7) is 4.05. The lowest BCUT2D eigenvalue weighted by Gasteiger charge is -2.15. The predicted molar refractivity (Wildman–Crippen MR) is 134 cm³/mol. The Hall–Kier alpha value is -4.10. The summed E-state index contributed by atoms with van der Waals surface area (Å²) in [4.78, 5) is 39.2. The molecule has 0 radical (unpaired) electrons. The van der Waals surface area contributed by atoms with Crippen LogP contribution in [0.1, 0.15) is 35.7 Å². The molecule has 0 saturated carbocycles. The van der Waals surface area contributed by atoms with Gasteiger partial charge >= 0.3 is 5.97 Å². The molecule has 8 heteroatoms. The van der Waals surface area contributed by atoms with E-state index >= 15 is 0 Å². The lowest BCUT2D eigenvalue weighted by atomic mass is 10.0. The first-order valence-electron chi connectivity index (χ1n) is 10.9. The van der Waals surface area contributed by atoms with E-state index in [-0.39, 0.29) is 16.6 Å². The summed E-state index contributed by atoms with van der Waals surface area (Å²) in [7, 11) is 1.52. The first-order valence-corrected chi connectivity index (χ1v) is 11.3. The summed E-state index contributed by atoms with van der Waals surface area (Å²) in [5.74, 6) is -0.406. The van der Waals surface area contributed by atoms with Crippen molar-refractivity contribution in [3.8, 4) is 11.5 Å². The molecule has 0 saturated heterocycles. The summed E-state index contributed by atoms with van der Waals surface area (Å²) in [6, 6.07) is 20.2. The number of amides is 2. The largest absolute Gasteiger partial charge is 0.497 e. The van der Waals surface area contributed by atoms with Crippen LogP contribution in [0.4, 0.5) is 11.4 Å². The summed E-state index contributed by atoms with van der Waals surface area (Å²) < 4.78 is 10.7. The van der Waals surface area contributed by atoms with Crippen molar-refractivity contribution in [1.82, 2.24) is 0 Å².